The maximum Gasteiger partial charge on any atom is 0.417 e. The Balaban J connectivity index is 2.45. The molecular weight excluding hydrogens is 363 g/mol. The molecule has 0 radical (unpaired) electrons. The fourth-order valence-corrected chi connectivity index (χ4v) is 3.60. The van der Waals surface area contributed by atoms with Gasteiger partial charge in [0, 0.05) is 23.2 Å². The Morgan fingerprint density at radius 2 is 1.88 bits per heavy atom. The quantitative estimate of drug-likeness (QED) is 0.516. The van der Waals surface area contributed by atoms with Gasteiger partial charge in [0.15, 0.2) is 17.2 Å². The first kappa shape index (κ1) is 20.3. The third-order valence-corrected chi connectivity index (χ3v) is 5.46. The molecule has 1 aliphatic heterocycles. The summed E-state index contributed by atoms with van der Waals surface area (Å²) >= 11 is 1.46. The van der Waals surface area contributed by atoms with Gasteiger partial charge in [-0.25, -0.2) is 4.39 Å². The average Bonchev–Trinajstić information content (AvgIpc) is 2.75. The van der Waals surface area contributed by atoms with Crippen molar-refractivity contribution >= 4 is 11.8 Å². The largest absolute Gasteiger partial charge is 0.489 e. The van der Waals surface area contributed by atoms with Crippen LogP contribution in [0.2, 0.25) is 0 Å². The van der Waals surface area contributed by atoms with Crippen molar-refractivity contribution in [3.8, 4) is 5.75 Å². The first-order chi connectivity index (χ1) is 11.5. The normalized spacial score (nSPS) is 29.9. The number of halogens is 5. The lowest BCUT2D eigenvalue weighted by Crippen LogP contribution is -2.46. The van der Waals surface area contributed by atoms with Crippen LogP contribution in [0.1, 0.15) is 32.3 Å². The monoisotopic (exact) mass is 384 g/mol. The first-order valence-corrected chi connectivity index (χ1v) is 9.28. The molecule has 1 fully saturated rings. The van der Waals surface area contributed by atoms with Crippen LogP contribution in [0.3, 0.4) is 0 Å². The van der Waals surface area contributed by atoms with Crippen molar-refractivity contribution in [2.24, 2.45) is 5.92 Å². The van der Waals surface area contributed by atoms with E-state index in [4.69, 9.17) is 9.47 Å². The molecule has 25 heavy (non-hydrogen) atoms. The highest BCUT2D eigenvalue weighted by atomic mass is 32.2. The molecule has 0 N–H and O–H groups in total. The van der Waals surface area contributed by atoms with E-state index in [1.165, 1.54) is 31.7 Å². The average molecular weight is 384 g/mol. The van der Waals surface area contributed by atoms with Crippen molar-refractivity contribution in [3.63, 3.8) is 0 Å². The van der Waals surface area contributed by atoms with Gasteiger partial charge in [-0.3, -0.25) is 0 Å². The lowest BCUT2D eigenvalue weighted by atomic mass is 9.77. The summed E-state index contributed by atoms with van der Waals surface area (Å²) in [5.74, 6) is -3.82. The van der Waals surface area contributed by atoms with Gasteiger partial charge >= 0.3 is 6.18 Å². The minimum Gasteiger partial charge on any atom is -0.489 e. The summed E-state index contributed by atoms with van der Waals surface area (Å²) in [6.45, 7) is 4.03. The summed E-state index contributed by atoms with van der Waals surface area (Å²) < 4.78 is 78.9. The lowest BCUT2D eigenvalue weighted by Gasteiger charge is -2.32. The molecule has 4 unspecified atom stereocenters. The molecule has 1 aromatic carbocycles. The van der Waals surface area contributed by atoms with Crippen molar-refractivity contribution in [3.05, 3.63) is 29.3 Å². The number of ether oxygens (including phenoxy) is 2. The van der Waals surface area contributed by atoms with E-state index in [2.05, 4.69) is 0 Å². The molecule has 0 aliphatic carbocycles. The van der Waals surface area contributed by atoms with Crippen LogP contribution in [-0.2, 0) is 4.74 Å². The number of alkyl halides is 3. The molecule has 1 aromatic rings. The van der Waals surface area contributed by atoms with Crippen molar-refractivity contribution in [1.82, 2.24) is 0 Å². The Bertz CT molecular complexity index is 622. The van der Waals surface area contributed by atoms with E-state index in [1.807, 2.05) is 6.26 Å². The molecule has 2 rings (SSSR count). The van der Waals surface area contributed by atoms with E-state index < -0.39 is 41.4 Å². The minimum absolute atomic E-state index is 0.126. The van der Waals surface area contributed by atoms with E-state index in [9.17, 15) is 22.0 Å². The Morgan fingerprint density at radius 1 is 1.24 bits per heavy atom. The van der Waals surface area contributed by atoms with Crippen LogP contribution >= 0.6 is 11.8 Å². The number of rotatable bonds is 5. The minimum atomic E-state index is -4.58. The van der Waals surface area contributed by atoms with E-state index in [0.717, 1.165) is 13.0 Å². The summed E-state index contributed by atoms with van der Waals surface area (Å²) in [5, 5.41) is 0. The fraction of sp³-hybridized carbons (Fsp3) is 0.647. The predicted molar refractivity (Wildman–Crippen MR) is 87.1 cm³/mol. The van der Waals surface area contributed by atoms with Gasteiger partial charge in [-0.1, -0.05) is 13.0 Å². The van der Waals surface area contributed by atoms with Crippen LogP contribution < -0.4 is 4.74 Å². The van der Waals surface area contributed by atoms with Gasteiger partial charge in [0.25, 0.3) is 0 Å². The molecule has 0 saturated carbocycles. The Labute approximate surface area is 148 Å². The molecular formula is C17H21F5O2S. The smallest absolute Gasteiger partial charge is 0.417 e. The zero-order valence-corrected chi connectivity index (χ0v) is 15.2. The van der Waals surface area contributed by atoms with Gasteiger partial charge in [0.1, 0.15) is 0 Å². The highest BCUT2D eigenvalue weighted by molar-refractivity contribution is 7.98. The van der Waals surface area contributed by atoms with Gasteiger partial charge < -0.3 is 9.47 Å². The van der Waals surface area contributed by atoms with Gasteiger partial charge in [0.2, 0.25) is 5.82 Å². The van der Waals surface area contributed by atoms with Crippen molar-refractivity contribution in [1.29, 1.82) is 0 Å². The number of benzene rings is 1. The number of thioether (sulfide) groups is 1. The van der Waals surface area contributed by atoms with E-state index in [1.54, 1.807) is 0 Å². The second-order valence-electron chi connectivity index (χ2n) is 6.36. The van der Waals surface area contributed by atoms with Gasteiger partial charge in [-0.05, 0) is 26.2 Å². The van der Waals surface area contributed by atoms with Gasteiger partial charge in [-0.2, -0.15) is 29.3 Å². The molecule has 0 bridgehead atoms. The van der Waals surface area contributed by atoms with Crippen LogP contribution in [0.15, 0.2) is 12.1 Å². The zero-order chi connectivity index (χ0) is 19.0. The fourth-order valence-electron chi connectivity index (χ4n) is 3.35. The van der Waals surface area contributed by atoms with Crippen LogP contribution in [0, 0.1) is 17.6 Å². The molecule has 2 nitrogen and oxygen atoms in total. The maximum absolute atomic E-state index is 14.3. The summed E-state index contributed by atoms with van der Waals surface area (Å²) in [5.41, 5.74) is -2.16. The van der Waals surface area contributed by atoms with Gasteiger partial charge in [0.05, 0.1) is 12.7 Å². The Morgan fingerprint density at radius 3 is 2.40 bits per heavy atom. The molecule has 8 heteroatoms. The molecule has 142 valence electrons. The summed E-state index contributed by atoms with van der Waals surface area (Å²) in [6.07, 6.45) is -3.57. The number of hydrogen-bond donors (Lipinski definition) is 0. The second-order valence-corrected chi connectivity index (χ2v) is 7.35. The second kappa shape index (κ2) is 7.31. The lowest BCUT2D eigenvalue weighted by molar-refractivity contribution is -0.273. The van der Waals surface area contributed by atoms with Crippen LogP contribution in [0.4, 0.5) is 22.0 Å². The number of hydrogen-bond acceptors (Lipinski definition) is 3. The highest BCUT2D eigenvalue weighted by Crippen LogP contribution is 2.54. The molecule has 0 amide bonds. The molecule has 1 saturated heterocycles. The molecule has 0 spiro atoms. The Hall–Kier alpha value is -1.02. The summed E-state index contributed by atoms with van der Waals surface area (Å²) in [7, 11) is 0. The molecule has 1 heterocycles. The Kier molecular flexibility index (Phi) is 5.93. The molecule has 4 atom stereocenters. The highest BCUT2D eigenvalue weighted by Gasteiger charge is 2.63. The van der Waals surface area contributed by atoms with E-state index in [-0.39, 0.29) is 17.9 Å². The third kappa shape index (κ3) is 3.60. The maximum atomic E-state index is 14.3. The summed E-state index contributed by atoms with van der Waals surface area (Å²) in [6, 6.07) is 2.20. The summed E-state index contributed by atoms with van der Waals surface area (Å²) in [4.78, 5) is 0. The SMILES string of the molecule is CSCCOc1c(C2C(C)OC(C)(C(F)(F)F)C2C)ccc(F)c1F. The van der Waals surface area contributed by atoms with Gasteiger partial charge in [-0.15, -0.1) is 0 Å². The van der Waals surface area contributed by atoms with E-state index >= 15 is 0 Å². The van der Waals surface area contributed by atoms with E-state index in [0.29, 0.717) is 5.75 Å². The standard InChI is InChI=1S/C17H21F5O2S/c1-9-13(10(2)24-16(9,3)17(20,21)22)11-5-6-12(18)14(19)15(11)23-7-8-25-4/h5-6,9-10,13H,7-8H2,1-4H3. The van der Waals surface area contributed by atoms with Crippen molar-refractivity contribution in [2.75, 3.05) is 18.6 Å². The van der Waals surface area contributed by atoms with Crippen LogP contribution in [0.25, 0.3) is 0 Å². The predicted octanol–water partition coefficient (Wildman–Crippen LogP) is 5.17. The zero-order valence-electron chi connectivity index (χ0n) is 14.4. The first-order valence-electron chi connectivity index (χ1n) is 7.88. The van der Waals surface area contributed by atoms with Crippen LogP contribution in [0.5, 0.6) is 5.75 Å². The molecule has 0 aromatic heterocycles. The topological polar surface area (TPSA) is 18.5 Å². The molecule has 1 aliphatic rings. The van der Waals surface area contributed by atoms with Crippen molar-refractivity contribution in [2.45, 2.75) is 44.6 Å². The third-order valence-electron chi connectivity index (χ3n) is 4.88. The van der Waals surface area contributed by atoms with Crippen LogP contribution in [-0.4, -0.2) is 36.5 Å². The van der Waals surface area contributed by atoms with Crippen molar-refractivity contribution < 1.29 is 31.4 Å².